The molecule has 0 spiro atoms. The maximum atomic E-state index is 14.2. The largest absolute Gasteiger partial charge is 0.367 e. The Morgan fingerprint density at radius 2 is 2.00 bits per heavy atom. The lowest BCUT2D eigenvalue weighted by Gasteiger charge is -2.39. The van der Waals surface area contributed by atoms with Crippen LogP contribution in [0.4, 0.5) is 8.78 Å². The number of halogens is 2. The van der Waals surface area contributed by atoms with E-state index in [9.17, 15) is 13.6 Å². The van der Waals surface area contributed by atoms with E-state index in [0.29, 0.717) is 18.5 Å². The first kappa shape index (κ1) is 18.9. The highest BCUT2D eigenvalue weighted by Crippen LogP contribution is 2.68. The first-order valence-corrected chi connectivity index (χ1v) is 9.52. The Hall–Kier alpha value is -2.41. The molecular formula is C21H23F2N3O2. The zero-order valence-electron chi connectivity index (χ0n) is 16.1. The van der Waals surface area contributed by atoms with E-state index in [-0.39, 0.29) is 22.6 Å². The number of nitrogens with zero attached hydrogens (tertiary/aromatic N) is 2. The number of ether oxygens (including phenoxy) is 1. The van der Waals surface area contributed by atoms with Crippen LogP contribution in [0.3, 0.4) is 0 Å². The maximum absolute atomic E-state index is 14.2. The zero-order valence-corrected chi connectivity index (χ0v) is 16.1. The predicted octanol–water partition coefficient (Wildman–Crippen LogP) is 3.81. The van der Waals surface area contributed by atoms with E-state index >= 15 is 0 Å². The second-order valence-electron chi connectivity index (χ2n) is 8.19. The summed E-state index contributed by atoms with van der Waals surface area (Å²) in [5, 5.41) is 8.48. The van der Waals surface area contributed by atoms with Crippen molar-refractivity contribution in [3.63, 3.8) is 0 Å². The molecule has 7 heteroatoms. The van der Waals surface area contributed by atoms with Gasteiger partial charge in [-0.2, -0.15) is 5.10 Å². The van der Waals surface area contributed by atoms with Crippen molar-refractivity contribution in [3.8, 4) is 11.3 Å². The molecule has 148 valence electrons. The lowest BCUT2D eigenvalue weighted by atomic mass is 9.77. The van der Waals surface area contributed by atoms with Crippen molar-refractivity contribution in [1.29, 1.82) is 0 Å². The normalized spacial score (nSPS) is 25.5. The molecule has 2 N–H and O–H groups in total. The highest BCUT2D eigenvalue weighted by Gasteiger charge is 2.65. The number of carbonyl (C=O) groups excluding carboxylic acids is 1. The van der Waals surface area contributed by atoms with Crippen LogP contribution in [0.2, 0.25) is 0 Å². The first-order valence-electron chi connectivity index (χ1n) is 9.52. The van der Waals surface area contributed by atoms with Gasteiger partial charge < -0.3 is 10.5 Å². The second kappa shape index (κ2) is 6.30. The Bertz CT molecular complexity index is 942. The average molecular weight is 387 g/mol. The summed E-state index contributed by atoms with van der Waals surface area (Å²) >= 11 is 0. The minimum Gasteiger partial charge on any atom is -0.367 e. The molecule has 28 heavy (non-hydrogen) atoms. The molecule has 1 aromatic carbocycles. The SMILES string of the molecule is CC[C@@H](O[C@@]12CC[C@@H](c3cc(-c4c(F)cccc4F)nnc31)C2(C)C)C(N)=O. The molecule has 2 bridgehead atoms. The molecule has 5 nitrogen and oxygen atoms in total. The lowest BCUT2D eigenvalue weighted by molar-refractivity contribution is -0.165. The van der Waals surface area contributed by atoms with Crippen molar-refractivity contribution in [2.75, 3.05) is 0 Å². The zero-order chi connectivity index (χ0) is 20.3. The van der Waals surface area contributed by atoms with Crippen LogP contribution in [0.1, 0.15) is 57.2 Å². The van der Waals surface area contributed by atoms with Crippen LogP contribution in [-0.4, -0.2) is 22.2 Å². The molecule has 1 saturated carbocycles. The summed E-state index contributed by atoms with van der Waals surface area (Å²) in [4.78, 5) is 11.8. The highest BCUT2D eigenvalue weighted by atomic mass is 19.1. The molecule has 2 aliphatic rings. The van der Waals surface area contributed by atoms with E-state index in [1.165, 1.54) is 18.2 Å². The minimum atomic E-state index is -0.790. The van der Waals surface area contributed by atoms with Gasteiger partial charge in [-0.05, 0) is 48.9 Å². The number of carbonyl (C=O) groups is 1. The molecule has 2 aliphatic carbocycles. The molecule has 1 amide bonds. The number of fused-ring (bicyclic) bond motifs is 5. The monoisotopic (exact) mass is 387 g/mol. The van der Waals surface area contributed by atoms with E-state index in [1.54, 1.807) is 6.07 Å². The summed E-state index contributed by atoms with van der Waals surface area (Å²) in [6.45, 7) is 5.99. The standard InChI is InChI=1S/C21H23F2N3O2/c1-4-16(19(24)27)28-21-9-8-12(20(21,2)3)11-10-15(25-26-18(11)21)17-13(22)6-5-7-14(17)23/h5-7,10,12,16H,4,8-9H2,1-3H3,(H2,24,27)/t12-,16+,21-/m0/s1. The summed E-state index contributed by atoms with van der Waals surface area (Å²) in [6.07, 6.45) is 1.26. The van der Waals surface area contributed by atoms with Crippen molar-refractivity contribution < 1.29 is 18.3 Å². The van der Waals surface area contributed by atoms with Crippen LogP contribution in [0.5, 0.6) is 0 Å². The molecule has 0 radical (unpaired) electrons. The van der Waals surface area contributed by atoms with E-state index in [4.69, 9.17) is 10.5 Å². The van der Waals surface area contributed by atoms with Crippen LogP contribution >= 0.6 is 0 Å². The topological polar surface area (TPSA) is 78.1 Å². The van der Waals surface area contributed by atoms with E-state index in [2.05, 4.69) is 24.0 Å². The number of primary amides is 1. The number of nitrogens with two attached hydrogens (primary N) is 1. The van der Waals surface area contributed by atoms with Gasteiger partial charge in [0.15, 0.2) is 0 Å². The van der Waals surface area contributed by atoms with E-state index in [0.717, 1.165) is 12.0 Å². The third-order valence-corrected chi connectivity index (χ3v) is 6.53. The molecule has 0 saturated heterocycles. The molecule has 1 aromatic heterocycles. The van der Waals surface area contributed by atoms with Gasteiger partial charge in [-0.15, -0.1) is 5.10 Å². The van der Waals surface area contributed by atoms with Gasteiger partial charge in [-0.3, -0.25) is 4.79 Å². The third-order valence-electron chi connectivity index (χ3n) is 6.53. The van der Waals surface area contributed by atoms with Gasteiger partial charge in [0, 0.05) is 5.41 Å². The van der Waals surface area contributed by atoms with Gasteiger partial charge in [-0.1, -0.05) is 26.8 Å². The van der Waals surface area contributed by atoms with Gasteiger partial charge in [-0.25, -0.2) is 8.78 Å². The summed E-state index contributed by atoms with van der Waals surface area (Å²) in [5.74, 6) is -1.77. The van der Waals surface area contributed by atoms with Crippen molar-refractivity contribution in [1.82, 2.24) is 10.2 Å². The number of rotatable bonds is 5. The Kier molecular flexibility index (Phi) is 4.26. The molecule has 1 heterocycles. The van der Waals surface area contributed by atoms with Crippen LogP contribution in [0, 0.1) is 17.0 Å². The molecule has 1 fully saturated rings. The molecule has 0 aliphatic heterocycles. The van der Waals surface area contributed by atoms with Crippen LogP contribution in [0.15, 0.2) is 24.3 Å². The Morgan fingerprint density at radius 3 is 2.61 bits per heavy atom. The summed E-state index contributed by atoms with van der Waals surface area (Å²) < 4.78 is 34.8. The predicted molar refractivity (Wildman–Crippen MR) is 99.2 cm³/mol. The number of hydrogen-bond donors (Lipinski definition) is 1. The Morgan fingerprint density at radius 1 is 1.32 bits per heavy atom. The van der Waals surface area contributed by atoms with Gasteiger partial charge >= 0.3 is 0 Å². The summed E-state index contributed by atoms with van der Waals surface area (Å²) in [6, 6.07) is 5.43. The van der Waals surface area contributed by atoms with Gasteiger partial charge in [0.1, 0.15) is 23.3 Å². The molecule has 2 aromatic rings. The first-order chi connectivity index (χ1) is 13.2. The molecular weight excluding hydrogens is 364 g/mol. The third kappa shape index (κ3) is 2.42. The van der Waals surface area contributed by atoms with Gasteiger partial charge in [0.2, 0.25) is 5.91 Å². The smallest absolute Gasteiger partial charge is 0.246 e. The van der Waals surface area contributed by atoms with Crippen LogP contribution in [0.25, 0.3) is 11.3 Å². The fraction of sp³-hybridized carbons (Fsp3) is 0.476. The average Bonchev–Trinajstić information content (AvgIpc) is 3.00. The summed E-state index contributed by atoms with van der Waals surface area (Å²) in [7, 11) is 0. The van der Waals surface area contributed by atoms with Crippen molar-refractivity contribution in [2.45, 2.75) is 57.7 Å². The minimum absolute atomic E-state index is 0.0944. The molecule has 0 unspecified atom stereocenters. The summed E-state index contributed by atoms with van der Waals surface area (Å²) in [5.41, 5.74) is 5.88. The Balaban J connectivity index is 1.84. The number of aromatic nitrogens is 2. The quantitative estimate of drug-likeness (QED) is 0.846. The van der Waals surface area contributed by atoms with Gasteiger partial charge in [0.25, 0.3) is 0 Å². The van der Waals surface area contributed by atoms with Crippen LogP contribution in [-0.2, 0) is 15.1 Å². The van der Waals surface area contributed by atoms with Crippen molar-refractivity contribution in [2.24, 2.45) is 11.1 Å². The molecule has 3 atom stereocenters. The number of hydrogen-bond acceptors (Lipinski definition) is 4. The highest BCUT2D eigenvalue weighted by molar-refractivity contribution is 5.78. The lowest BCUT2D eigenvalue weighted by Crippen LogP contribution is -2.45. The van der Waals surface area contributed by atoms with E-state index in [1.807, 2.05) is 6.92 Å². The van der Waals surface area contributed by atoms with Crippen molar-refractivity contribution >= 4 is 5.91 Å². The fourth-order valence-corrected chi connectivity index (χ4v) is 4.98. The maximum Gasteiger partial charge on any atom is 0.246 e. The fourth-order valence-electron chi connectivity index (χ4n) is 4.98. The van der Waals surface area contributed by atoms with Crippen LogP contribution < -0.4 is 5.73 Å². The number of benzene rings is 1. The molecule has 4 rings (SSSR count). The second-order valence-corrected chi connectivity index (χ2v) is 8.19. The van der Waals surface area contributed by atoms with E-state index < -0.39 is 29.2 Å². The van der Waals surface area contributed by atoms with Gasteiger partial charge in [0.05, 0.1) is 17.0 Å². The number of amides is 1. The van der Waals surface area contributed by atoms with Crippen molar-refractivity contribution in [3.05, 3.63) is 47.2 Å². The Labute approximate surface area is 162 Å².